The van der Waals surface area contributed by atoms with Gasteiger partial charge in [-0.1, -0.05) is 6.92 Å². The normalized spacial score (nSPS) is 41.2. The van der Waals surface area contributed by atoms with Gasteiger partial charge >= 0.3 is 0 Å². The molecule has 1 rings (SSSR count). The van der Waals surface area contributed by atoms with Gasteiger partial charge in [0, 0.05) is 5.92 Å². The fourth-order valence-electron chi connectivity index (χ4n) is 0.943. The highest BCUT2D eigenvalue weighted by atomic mass is 16.7. The van der Waals surface area contributed by atoms with Gasteiger partial charge in [-0.3, -0.25) is 0 Å². The first-order chi connectivity index (χ1) is 4.74. The van der Waals surface area contributed by atoms with Gasteiger partial charge in [0.15, 0.2) is 6.29 Å². The minimum Gasteiger partial charge on any atom is -0.353 e. The number of rotatable bonds is 1. The number of hydrogen-bond acceptors (Lipinski definition) is 3. The molecule has 0 saturated carbocycles. The SMILES string of the molecule is C[C@@H]1OC[C@@H](C)C(C=O)O1. The van der Waals surface area contributed by atoms with Crippen molar-refractivity contribution in [3.05, 3.63) is 0 Å². The molecule has 0 amide bonds. The largest absolute Gasteiger partial charge is 0.353 e. The first-order valence-electron chi connectivity index (χ1n) is 3.46. The van der Waals surface area contributed by atoms with Crippen molar-refractivity contribution in [3.63, 3.8) is 0 Å². The van der Waals surface area contributed by atoms with Crippen LogP contribution in [-0.4, -0.2) is 25.3 Å². The summed E-state index contributed by atoms with van der Waals surface area (Å²) in [5.74, 6) is 0.189. The summed E-state index contributed by atoms with van der Waals surface area (Å²) in [5, 5.41) is 0. The first kappa shape index (κ1) is 7.69. The molecule has 1 saturated heterocycles. The van der Waals surface area contributed by atoms with Crippen molar-refractivity contribution in [2.75, 3.05) is 6.61 Å². The maximum atomic E-state index is 10.3. The molecule has 1 fully saturated rings. The van der Waals surface area contributed by atoms with E-state index in [1.165, 1.54) is 0 Å². The van der Waals surface area contributed by atoms with Crippen LogP contribution < -0.4 is 0 Å². The van der Waals surface area contributed by atoms with Crippen LogP contribution >= 0.6 is 0 Å². The predicted molar refractivity (Wildman–Crippen MR) is 35.5 cm³/mol. The van der Waals surface area contributed by atoms with Crippen LogP contribution in [-0.2, 0) is 14.3 Å². The van der Waals surface area contributed by atoms with Crippen LogP contribution in [0.1, 0.15) is 13.8 Å². The second-order valence-corrected chi connectivity index (χ2v) is 2.62. The Morgan fingerprint density at radius 2 is 2.20 bits per heavy atom. The molecule has 0 radical (unpaired) electrons. The van der Waals surface area contributed by atoms with E-state index in [1.54, 1.807) is 6.92 Å². The predicted octanol–water partition coefficient (Wildman–Crippen LogP) is 0.583. The van der Waals surface area contributed by atoms with E-state index in [9.17, 15) is 4.79 Å². The molecule has 0 aromatic carbocycles. The minimum atomic E-state index is -0.274. The molecule has 3 heteroatoms. The van der Waals surface area contributed by atoms with Crippen LogP contribution in [0.25, 0.3) is 0 Å². The summed E-state index contributed by atoms with van der Waals surface area (Å²) in [5.41, 5.74) is 0. The molecule has 1 aliphatic heterocycles. The minimum absolute atomic E-state index is 0.189. The Hall–Kier alpha value is -0.410. The number of carbonyl (C=O) groups is 1. The van der Waals surface area contributed by atoms with Crippen molar-refractivity contribution in [3.8, 4) is 0 Å². The van der Waals surface area contributed by atoms with Crippen LogP contribution in [0.4, 0.5) is 0 Å². The molecule has 10 heavy (non-hydrogen) atoms. The van der Waals surface area contributed by atoms with Gasteiger partial charge in [-0.05, 0) is 6.92 Å². The lowest BCUT2D eigenvalue weighted by Crippen LogP contribution is -2.38. The Kier molecular flexibility index (Phi) is 2.40. The van der Waals surface area contributed by atoms with Gasteiger partial charge in [-0.15, -0.1) is 0 Å². The fourth-order valence-corrected chi connectivity index (χ4v) is 0.943. The van der Waals surface area contributed by atoms with Crippen molar-refractivity contribution < 1.29 is 14.3 Å². The third-order valence-electron chi connectivity index (χ3n) is 1.64. The summed E-state index contributed by atoms with van der Waals surface area (Å²) in [6.45, 7) is 4.35. The number of carbonyl (C=O) groups excluding carboxylic acids is 1. The topological polar surface area (TPSA) is 35.5 Å². The lowest BCUT2D eigenvalue weighted by atomic mass is 10.1. The molecule has 1 aliphatic rings. The summed E-state index contributed by atoms with van der Waals surface area (Å²) in [6, 6.07) is 0. The molecule has 3 nitrogen and oxygen atoms in total. The molecule has 0 N–H and O–H groups in total. The number of aldehydes is 1. The standard InChI is InChI=1S/C7H12O3/c1-5-4-9-6(2)10-7(5)3-8/h3,5-7H,4H2,1-2H3/t5-,6-,7?/m1/s1. The van der Waals surface area contributed by atoms with Crippen LogP contribution in [0.2, 0.25) is 0 Å². The van der Waals surface area contributed by atoms with Crippen molar-refractivity contribution in [1.29, 1.82) is 0 Å². The molecule has 0 aromatic rings. The van der Waals surface area contributed by atoms with E-state index in [1.807, 2.05) is 6.92 Å². The van der Waals surface area contributed by atoms with Gasteiger partial charge in [0.1, 0.15) is 12.4 Å². The van der Waals surface area contributed by atoms with E-state index in [0.29, 0.717) is 6.61 Å². The molecule has 1 unspecified atom stereocenters. The third-order valence-corrected chi connectivity index (χ3v) is 1.64. The Balaban J connectivity index is 2.45. The lowest BCUT2D eigenvalue weighted by molar-refractivity contribution is -0.217. The zero-order chi connectivity index (χ0) is 7.56. The van der Waals surface area contributed by atoms with E-state index < -0.39 is 0 Å². The van der Waals surface area contributed by atoms with Crippen LogP contribution in [0, 0.1) is 5.92 Å². The third kappa shape index (κ3) is 1.55. The Morgan fingerprint density at radius 3 is 2.70 bits per heavy atom. The van der Waals surface area contributed by atoms with E-state index in [0.717, 1.165) is 6.29 Å². The number of ether oxygens (including phenoxy) is 2. The quantitative estimate of drug-likeness (QED) is 0.505. The Labute approximate surface area is 60.3 Å². The van der Waals surface area contributed by atoms with Gasteiger partial charge in [0.05, 0.1) is 6.61 Å². The average molecular weight is 144 g/mol. The average Bonchev–Trinajstić information content (AvgIpc) is 1.94. The first-order valence-corrected chi connectivity index (χ1v) is 3.46. The molecule has 0 spiro atoms. The van der Waals surface area contributed by atoms with E-state index in [2.05, 4.69) is 0 Å². The highest BCUT2D eigenvalue weighted by Crippen LogP contribution is 2.15. The van der Waals surface area contributed by atoms with Gasteiger partial charge < -0.3 is 14.3 Å². The van der Waals surface area contributed by atoms with E-state index >= 15 is 0 Å². The molecule has 3 atom stereocenters. The summed E-state index contributed by atoms with van der Waals surface area (Å²) in [7, 11) is 0. The Bertz CT molecular complexity index is 124. The second-order valence-electron chi connectivity index (χ2n) is 2.62. The van der Waals surface area contributed by atoms with Crippen molar-refractivity contribution in [2.24, 2.45) is 5.92 Å². The highest BCUT2D eigenvalue weighted by Gasteiger charge is 2.25. The van der Waals surface area contributed by atoms with Crippen molar-refractivity contribution in [2.45, 2.75) is 26.2 Å². The molecule has 0 bridgehead atoms. The Morgan fingerprint density at radius 1 is 1.50 bits per heavy atom. The maximum Gasteiger partial charge on any atom is 0.155 e. The van der Waals surface area contributed by atoms with Crippen LogP contribution in [0.3, 0.4) is 0 Å². The van der Waals surface area contributed by atoms with Gasteiger partial charge in [-0.25, -0.2) is 0 Å². The van der Waals surface area contributed by atoms with Gasteiger partial charge in [0.2, 0.25) is 0 Å². The summed E-state index contributed by atoms with van der Waals surface area (Å²) in [6.07, 6.45) is 0.332. The van der Waals surface area contributed by atoms with Gasteiger partial charge in [-0.2, -0.15) is 0 Å². The molecule has 0 aliphatic carbocycles. The monoisotopic (exact) mass is 144 g/mol. The smallest absolute Gasteiger partial charge is 0.155 e. The molecule has 58 valence electrons. The molecular formula is C7H12O3. The van der Waals surface area contributed by atoms with E-state index in [4.69, 9.17) is 9.47 Å². The van der Waals surface area contributed by atoms with E-state index in [-0.39, 0.29) is 18.3 Å². The number of hydrogen-bond donors (Lipinski definition) is 0. The summed E-state index contributed by atoms with van der Waals surface area (Å²) in [4.78, 5) is 10.3. The van der Waals surface area contributed by atoms with Crippen molar-refractivity contribution in [1.82, 2.24) is 0 Å². The molecule has 1 heterocycles. The molecular weight excluding hydrogens is 132 g/mol. The molecule has 0 aromatic heterocycles. The van der Waals surface area contributed by atoms with Gasteiger partial charge in [0.25, 0.3) is 0 Å². The second kappa shape index (κ2) is 3.12. The zero-order valence-corrected chi connectivity index (χ0v) is 6.24. The van der Waals surface area contributed by atoms with Crippen molar-refractivity contribution >= 4 is 6.29 Å². The maximum absolute atomic E-state index is 10.3. The lowest BCUT2D eigenvalue weighted by Gasteiger charge is -2.29. The fraction of sp³-hybridized carbons (Fsp3) is 0.857. The van der Waals surface area contributed by atoms with Crippen LogP contribution in [0.15, 0.2) is 0 Å². The van der Waals surface area contributed by atoms with Crippen LogP contribution in [0.5, 0.6) is 0 Å². The summed E-state index contributed by atoms with van der Waals surface area (Å²) < 4.78 is 10.3. The summed E-state index contributed by atoms with van der Waals surface area (Å²) >= 11 is 0. The highest BCUT2D eigenvalue weighted by molar-refractivity contribution is 5.56. The zero-order valence-electron chi connectivity index (χ0n) is 6.24.